The SMILES string of the molecule is CCCC[C@H](NC(=O)COc1ccccc1)C(=O)CSCc1ccco1. The van der Waals surface area contributed by atoms with Gasteiger partial charge in [0.15, 0.2) is 12.4 Å². The van der Waals surface area contributed by atoms with Gasteiger partial charge in [0.05, 0.1) is 23.8 Å². The summed E-state index contributed by atoms with van der Waals surface area (Å²) < 4.78 is 10.7. The van der Waals surface area contributed by atoms with E-state index in [0.717, 1.165) is 18.6 Å². The van der Waals surface area contributed by atoms with E-state index in [4.69, 9.17) is 9.15 Å². The van der Waals surface area contributed by atoms with Gasteiger partial charge in [-0.05, 0) is 30.7 Å². The van der Waals surface area contributed by atoms with Gasteiger partial charge in [-0.25, -0.2) is 0 Å². The maximum absolute atomic E-state index is 12.5. The molecule has 0 bridgehead atoms. The maximum atomic E-state index is 12.5. The Labute approximate surface area is 158 Å². The standard InChI is InChI=1S/C20H25NO4S/c1-2-3-11-18(19(22)15-26-14-17-10-7-12-24-17)21-20(23)13-25-16-8-5-4-6-9-16/h4-10,12,18H,2-3,11,13-15H2,1H3,(H,21,23)/t18-/m0/s1. The molecule has 26 heavy (non-hydrogen) atoms. The van der Waals surface area contributed by atoms with Crippen molar-refractivity contribution in [3.63, 3.8) is 0 Å². The Morgan fingerprint density at radius 2 is 2.00 bits per heavy atom. The zero-order valence-corrected chi connectivity index (χ0v) is 15.8. The van der Waals surface area contributed by atoms with E-state index in [0.29, 0.717) is 23.7 Å². The van der Waals surface area contributed by atoms with Gasteiger partial charge in [-0.15, -0.1) is 11.8 Å². The summed E-state index contributed by atoms with van der Waals surface area (Å²) in [6.07, 6.45) is 4.13. The summed E-state index contributed by atoms with van der Waals surface area (Å²) in [4.78, 5) is 24.6. The van der Waals surface area contributed by atoms with Gasteiger partial charge < -0.3 is 14.5 Å². The number of unbranched alkanes of at least 4 members (excludes halogenated alkanes) is 1. The average Bonchev–Trinajstić information content (AvgIpc) is 3.17. The molecule has 5 nitrogen and oxygen atoms in total. The Bertz CT molecular complexity index is 658. The Morgan fingerprint density at radius 1 is 1.19 bits per heavy atom. The third-order valence-electron chi connectivity index (χ3n) is 3.75. The minimum atomic E-state index is -0.467. The van der Waals surface area contributed by atoms with Crippen LogP contribution in [0.5, 0.6) is 5.75 Å². The second-order valence-corrected chi connectivity index (χ2v) is 6.89. The first kappa shape index (κ1) is 20.1. The predicted octanol–water partition coefficient (Wildman–Crippen LogP) is 3.84. The third-order valence-corrected chi connectivity index (χ3v) is 4.73. The number of para-hydroxylation sites is 1. The number of furan rings is 1. The van der Waals surface area contributed by atoms with Crippen LogP contribution in [0, 0.1) is 0 Å². The van der Waals surface area contributed by atoms with Gasteiger partial charge >= 0.3 is 0 Å². The maximum Gasteiger partial charge on any atom is 0.258 e. The normalized spacial score (nSPS) is 11.7. The highest BCUT2D eigenvalue weighted by Crippen LogP contribution is 2.14. The molecule has 0 fully saturated rings. The van der Waals surface area contributed by atoms with Crippen LogP contribution in [-0.4, -0.2) is 30.1 Å². The summed E-state index contributed by atoms with van der Waals surface area (Å²) in [5.41, 5.74) is 0. The molecule has 1 aromatic heterocycles. The number of hydrogen-bond acceptors (Lipinski definition) is 5. The van der Waals surface area contributed by atoms with Crippen molar-refractivity contribution in [3.8, 4) is 5.75 Å². The molecule has 0 aliphatic heterocycles. The van der Waals surface area contributed by atoms with E-state index in [1.165, 1.54) is 11.8 Å². The molecule has 1 N–H and O–H groups in total. The lowest BCUT2D eigenvalue weighted by Gasteiger charge is -2.17. The second kappa shape index (κ2) is 11.4. The molecule has 0 aliphatic carbocycles. The summed E-state index contributed by atoms with van der Waals surface area (Å²) in [6, 6.07) is 12.4. The number of Topliss-reactive ketones (excluding diaryl/α,β-unsaturated/α-hetero) is 1. The van der Waals surface area contributed by atoms with E-state index < -0.39 is 6.04 Å². The zero-order valence-electron chi connectivity index (χ0n) is 15.0. The highest BCUT2D eigenvalue weighted by atomic mass is 32.2. The molecule has 140 valence electrons. The molecule has 0 radical (unpaired) electrons. The quantitative estimate of drug-likeness (QED) is 0.610. The van der Waals surface area contributed by atoms with Crippen molar-refractivity contribution in [2.75, 3.05) is 12.4 Å². The molecule has 0 spiro atoms. The summed E-state index contributed by atoms with van der Waals surface area (Å²) in [5, 5.41) is 2.82. The molecule has 6 heteroatoms. The molecule has 0 saturated heterocycles. The molecule has 2 aromatic rings. The lowest BCUT2D eigenvalue weighted by atomic mass is 10.1. The van der Waals surface area contributed by atoms with Crippen LogP contribution in [0.1, 0.15) is 31.9 Å². The van der Waals surface area contributed by atoms with Crippen LogP contribution in [0.4, 0.5) is 0 Å². The number of ether oxygens (including phenoxy) is 1. The summed E-state index contributed by atoms with van der Waals surface area (Å²) in [6.45, 7) is 1.97. The Balaban J connectivity index is 1.78. The Morgan fingerprint density at radius 3 is 2.69 bits per heavy atom. The van der Waals surface area contributed by atoms with E-state index in [9.17, 15) is 9.59 Å². The fourth-order valence-corrected chi connectivity index (χ4v) is 3.24. The molecule has 0 saturated carbocycles. The van der Waals surface area contributed by atoms with Crippen LogP contribution in [-0.2, 0) is 15.3 Å². The van der Waals surface area contributed by atoms with Gasteiger partial charge in [-0.2, -0.15) is 0 Å². The lowest BCUT2D eigenvalue weighted by Crippen LogP contribution is -2.43. The molecule has 1 amide bonds. The number of amides is 1. The van der Waals surface area contributed by atoms with Crippen molar-refractivity contribution >= 4 is 23.5 Å². The second-order valence-electron chi connectivity index (χ2n) is 5.90. The highest BCUT2D eigenvalue weighted by molar-refractivity contribution is 7.99. The predicted molar refractivity (Wildman–Crippen MR) is 103 cm³/mol. The minimum absolute atomic E-state index is 0.0306. The number of benzene rings is 1. The highest BCUT2D eigenvalue weighted by Gasteiger charge is 2.20. The molecule has 1 atom stereocenters. The van der Waals surface area contributed by atoms with Crippen LogP contribution in [0.2, 0.25) is 0 Å². The summed E-state index contributed by atoms with van der Waals surface area (Å²) >= 11 is 1.49. The van der Waals surface area contributed by atoms with Crippen molar-refractivity contribution in [3.05, 3.63) is 54.5 Å². The number of ketones is 1. The van der Waals surface area contributed by atoms with E-state index in [1.807, 2.05) is 30.3 Å². The molecule has 0 aliphatic rings. The monoisotopic (exact) mass is 375 g/mol. The molecule has 1 aromatic carbocycles. The van der Waals surface area contributed by atoms with Crippen molar-refractivity contribution in [2.45, 2.75) is 38.0 Å². The smallest absolute Gasteiger partial charge is 0.258 e. The zero-order chi connectivity index (χ0) is 18.6. The number of carbonyl (C=O) groups excluding carboxylic acids is 2. The van der Waals surface area contributed by atoms with Crippen LogP contribution in [0.15, 0.2) is 53.1 Å². The number of hydrogen-bond donors (Lipinski definition) is 1. The van der Waals surface area contributed by atoms with E-state index in [2.05, 4.69) is 12.2 Å². The average molecular weight is 375 g/mol. The fraction of sp³-hybridized carbons (Fsp3) is 0.400. The molecular formula is C20H25NO4S. The van der Waals surface area contributed by atoms with Crippen molar-refractivity contribution in [1.82, 2.24) is 5.32 Å². The lowest BCUT2D eigenvalue weighted by molar-refractivity contribution is -0.128. The van der Waals surface area contributed by atoms with Crippen molar-refractivity contribution < 1.29 is 18.7 Å². The Hall–Kier alpha value is -2.21. The van der Waals surface area contributed by atoms with Gasteiger partial charge in [0.25, 0.3) is 5.91 Å². The van der Waals surface area contributed by atoms with Crippen LogP contribution in [0.3, 0.4) is 0 Å². The van der Waals surface area contributed by atoms with E-state index in [1.54, 1.807) is 18.4 Å². The van der Waals surface area contributed by atoms with Crippen molar-refractivity contribution in [1.29, 1.82) is 0 Å². The van der Waals surface area contributed by atoms with Crippen LogP contribution < -0.4 is 10.1 Å². The topological polar surface area (TPSA) is 68.5 Å². The number of nitrogens with one attached hydrogen (secondary N) is 1. The van der Waals surface area contributed by atoms with Crippen LogP contribution in [0.25, 0.3) is 0 Å². The molecule has 2 rings (SSSR count). The Kier molecular flexibility index (Phi) is 8.83. The van der Waals surface area contributed by atoms with E-state index >= 15 is 0 Å². The number of thioether (sulfide) groups is 1. The molecule has 1 heterocycles. The number of rotatable bonds is 12. The van der Waals surface area contributed by atoms with E-state index in [-0.39, 0.29) is 18.3 Å². The first-order valence-corrected chi connectivity index (χ1v) is 9.94. The largest absolute Gasteiger partial charge is 0.484 e. The van der Waals surface area contributed by atoms with Gasteiger partial charge in [-0.3, -0.25) is 9.59 Å². The fourth-order valence-electron chi connectivity index (χ4n) is 2.37. The van der Waals surface area contributed by atoms with Gasteiger partial charge in [-0.1, -0.05) is 38.0 Å². The third kappa shape index (κ3) is 7.35. The first-order valence-electron chi connectivity index (χ1n) is 8.79. The van der Waals surface area contributed by atoms with Crippen molar-refractivity contribution in [2.24, 2.45) is 0 Å². The molecule has 0 unspecified atom stereocenters. The minimum Gasteiger partial charge on any atom is -0.484 e. The molecular weight excluding hydrogens is 350 g/mol. The van der Waals surface area contributed by atoms with Crippen LogP contribution >= 0.6 is 11.8 Å². The summed E-state index contributed by atoms with van der Waals surface area (Å²) in [7, 11) is 0. The van der Waals surface area contributed by atoms with Gasteiger partial charge in [0, 0.05) is 0 Å². The first-order chi connectivity index (χ1) is 12.7. The van der Waals surface area contributed by atoms with Gasteiger partial charge in [0.1, 0.15) is 11.5 Å². The summed E-state index contributed by atoms with van der Waals surface area (Å²) in [5.74, 6) is 2.21. The number of carbonyl (C=O) groups is 2. The van der Waals surface area contributed by atoms with Gasteiger partial charge in [0.2, 0.25) is 0 Å².